The molecule has 0 spiro atoms. The van der Waals surface area contributed by atoms with Crippen molar-refractivity contribution in [3.8, 4) is 5.75 Å². The molecule has 0 heterocycles. The van der Waals surface area contributed by atoms with Gasteiger partial charge in [-0.15, -0.1) is 0 Å². The van der Waals surface area contributed by atoms with Crippen molar-refractivity contribution in [2.75, 3.05) is 0 Å². The van der Waals surface area contributed by atoms with E-state index < -0.39 is 0 Å². The third-order valence-electron chi connectivity index (χ3n) is 3.80. The van der Waals surface area contributed by atoms with Crippen molar-refractivity contribution < 1.29 is 13.9 Å². The number of ether oxygens (including phenoxy) is 1. The molecule has 0 atom stereocenters. The fourth-order valence-electron chi connectivity index (χ4n) is 2.41. The highest BCUT2D eigenvalue weighted by Gasteiger charge is 2.08. The van der Waals surface area contributed by atoms with E-state index in [4.69, 9.17) is 4.74 Å². The third-order valence-corrected chi connectivity index (χ3v) is 4.29. The predicted molar refractivity (Wildman–Crippen MR) is 102 cm³/mol. The molecule has 1 N–H and O–H groups in total. The van der Waals surface area contributed by atoms with Crippen molar-refractivity contribution in [3.63, 3.8) is 0 Å². The minimum atomic E-state index is -0.337. The van der Waals surface area contributed by atoms with E-state index in [1.54, 1.807) is 36.4 Å². The maximum Gasteiger partial charge on any atom is 0.251 e. The molecule has 5 heteroatoms. The first kappa shape index (κ1) is 18.1. The number of nitrogens with one attached hydrogen (secondary N) is 1. The number of hydrogen-bond donors (Lipinski definition) is 1. The molecule has 26 heavy (non-hydrogen) atoms. The quantitative estimate of drug-likeness (QED) is 0.610. The highest BCUT2D eigenvalue weighted by Crippen LogP contribution is 2.19. The van der Waals surface area contributed by atoms with Gasteiger partial charge >= 0.3 is 0 Å². The van der Waals surface area contributed by atoms with Gasteiger partial charge in [-0.05, 0) is 35.9 Å². The Hall–Kier alpha value is -2.66. The molecule has 0 unspecified atom stereocenters. The summed E-state index contributed by atoms with van der Waals surface area (Å²) in [6.45, 7) is 0.545. The molecule has 3 nitrogen and oxygen atoms in total. The highest BCUT2D eigenvalue weighted by atomic mass is 79.9. The summed E-state index contributed by atoms with van der Waals surface area (Å²) in [5.74, 6) is -0.00932. The minimum absolute atomic E-state index is 0.0915. The molecule has 0 aliphatic rings. The Kier molecular flexibility index (Phi) is 6.02. The van der Waals surface area contributed by atoms with Crippen LogP contribution in [0, 0.1) is 5.82 Å². The summed E-state index contributed by atoms with van der Waals surface area (Å²) in [6, 6.07) is 21.4. The molecular weight excluding hydrogens is 397 g/mol. The number of benzene rings is 3. The molecule has 0 bridgehead atoms. The standard InChI is InChI=1S/C21H17BrFNO2/c22-18-10-9-17(20(23)12-18)14-26-19-8-4-7-16(11-19)21(25)24-13-15-5-2-1-3-6-15/h1-12H,13-14H2,(H,24,25). The van der Waals surface area contributed by atoms with Gasteiger partial charge < -0.3 is 10.1 Å². The lowest BCUT2D eigenvalue weighted by Gasteiger charge is -2.10. The van der Waals surface area contributed by atoms with Crippen LogP contribution in [0.3, 0.4) is 0 Å². The van der Waals surface area contributed by atoms with E-state index in [9.17, 15) is 9.18 Å². The van der Waals surface area contributed by atoms with Gasteiger partial charge in [0.1, 0.15) is 18.2 Å². The van der Waals surface area contributed by atoms with E-state index >= 15 is 0 Å². The molecule has 0 saturated heterocycles. The Morgan fingerprint density at radius 1 is 1.00 bits per heavy atom. The van der Waals surface area contributed by atoms with Crippen LogP contribution < -0.4 is 10.1 Å². The lowest BCUT2D eigenvalue weighted by atomic mass is 10.2. The molecule has 0 fully saturated rings. The lowest BCUT2D eigenvalue weighted by molar-refractivity contribution is 0.0950. The van der Waals surface area contributed by atoms with Gasteiger partial charge in [-0.2, -0.15) is 0 Å². The fraction of sp³-hybridized carbons (Fsp3) is 0.0952. The van der Waals surface area contributed by atoms with Crippen LogP contribution in [0.15, 0.2) is 77.3 Å². The Balaban J connectivity index is 1.61. The monoisotopic (exact) mass is 413 g/mol. The van der Waals surface area contributed by atoms with Gasteiger partial charge in [-0.1, -0.05) is 58.4 Å². The second kappa shape index (κ2) is 8.63. The van der Waals surface area contributed by atoms with E-state index in [-0.39, 0.29) is 18.3 Å². The van der Waals surface area contributed by atoms with Gasteiger partial charge in [-0.3, -0.25) is 4.79 Å². The number of hydrogen-bond acceptors (Lipinski definition) is 2. The van der Waals surface area contributed by atoms with Crippen LogP contribution >= 0.6 is 15.9 Å². The Labute approximate surface area is 159 Å². The molecule has 0 saturated carbocycles. The number of amides is 1. The molecule has 132 valence electrons. The van der Waals surface area contributed by atoms with E-state index in [0.29, 0.717) is 27.9 Å². The van der Waals surface area contributed by atoms with E-state index in [0.717, 1.165) is 5.56 Å². The number of rotatable bonds is 6. The molecule has 3 aromatic rings. The van der Waals surface area contributed by atoms with Crippen LogP contribution in [-0.2, 0) is 13.2 Å². The van der Waals surface area contributed by atoms with Crippen molar-refractivity contribution in [2.24, 2.45) is 0 Å². The third kappa shape index (κ3) is 4.92. The maximum absolute atomic E-state index is 13.8. The van der Waals surface area contributed by atoms with Gasteiger partial charge in [-0.25, -0.2) is 4.39 Å². The number of carbonyl (C=O) groups is 1. The smallest absolute Gasteiger partial charge is 0.251 e. The van der Waals surface area contributed by atoms with Gasteiger partial charge in [0, 0.05) is 22.1 Å². The molecule has 0 radical (unpaired) electrons. The van der Waals surface area contributed by atoms with Crippen molar-refractivity contribution in [2.45, 2.75) is 13.2 Å². The second-order valence-corrected chi connectivity index (χ2v) is 6.64. The molecule has 1 amide bonds. The van der Waals surface area contributed by atoms with Crippen LogP contribution in [0.5, 0.6) is 5.75 Å². The zero-order chi connectivity index (χ0) is 18.4. The van der Waals surface area contributed by atoms with Gasteiger partial charge in [0.15, 0.2) is 0 Å². The summed E-state index contributed by atoms with van der Waals surface area (Å²) in [5, 5.41) is 2.87. The normalized spacial score (nSPS) is 10.4. The summed E-state index contributed by atoms with van der Waals surface area (Å²) >= 11 is 3.22. The maximum atomic E-state index is 13.8. The van der Waals surface area contributed by atoms with Crippen molar-refractivity contribution in [1.82, 2.24) is 5.32 Å². The van der Waals surface area contributed by atoms with Crippen LogP contribution in [0.1, 0.15) is 21.5 Å². The molecule has 0 aromatic heterocycles. The molecule has 3 rings (SSSR count). The van der Waals surface area contributed by atoms with E-state index in [1.807, 2.05) is 30.3 Å². The summed E-state index contributed by atoms with van der Waals surface area (Å²) < 4.78 is 20.2. The van der Waals surface area contributed by atoms with Gasteiger partial charge in [0.2, 0.25) is 0 Å². The molecular formula is C21H17BrFNO2. The summed E-state index contributed by atoms with van der Waals surface area (Å²) in [5.41, 5.74) is 1.97. The van der Waals surface area contributed by atoms with Crippen LogP contribution in [0.4, 0.5) is 4.39 Å². The zero-order valence-corrected chi connectivity index (χ0v) is 15.5. The predicted octanol–water partition coefficient (Wildman–Crippen LogP) is 5.10. The average molecular weight is 414 g/mol. The zero-order valence-electron chi connectivity index (χ0n) is 13.9. The molecule has 0 aliphatic carbocycles. The van der Waals surface area contributed by atoms with Crippen molar-refractivity contribution >= 4 is 21.8 Å². The molecule has 0 aliphatic heterocycles. The first-order valence-electron chi connectivity index (χ1n) is 8.11. The fourth-order valence-corrected chi connectivity index (χ4v) is 2.74. The SMILES string of the molecule is O=C(NCc1ccccc1)c1cccc(OCc2ccc(Br)cc2F)c1. The number of halogens is 2. The second-order valence-electron chi connectivity index (χ2n) is 5.72. The average Bonchev–Trinajstić information content (AvgIpc) is 2.66. The highest BCUT2D eigenvalue weighted by molar-refractivity contribution is 9.10. The summed E-state index contributed by atoms with van der Waals surface area (Å²) in [7, 11) is 0. The van der Waals surface area contributed by atoms with Crippen molar-refractivity contribution in [3.05, 3.63) is 99.8 Å². The lowest BCUT2D eigenvalue weighted by Crippen LogP contribution is -2.22. The first-order valence-corrected chi connectivity index (χ1v) is 8.90. The minimum Gasteiger partial charge on any atom is -0.489 e. The Morgan fingerprint density at radius 3 is 2.58 bits per heavy atom. The Bertz CT molecular complexity index is 900. The summed E-state index contributed by atoms with van der Waals surface area (Å²) in [6.07, 6.45) is 0. The Morgan fingerprint density at radius 2 is 1.81 bits per heavy atom. The van der Waals surface area contributed by atoms with Crippen molar-refractivity contribution in [1.29, 1.82) is 0 Å². The largest absolute Gasteiger partial charge is 0.489 e. The number of carbonyl (C=O) groups excluding carboxylic acids is 1. The molecule has 3 aromatic carbocycles. The van der Waals surface area contributed by atoms with E-state index in [2.05, 4.69) is 21.2 Å². The first-order chi connectivity index (χ1) is 12.6. The summed E-state index contributed by atoms with van der Waals surface area (Å²) in [4.78, 5) is 12.3. The van der Waals surface area contributed by atoms with Gasteiger partial charge in [0.05, 0.1) is 0 Å². The van der Waals surface area contributed by atoms with E-state index in [1.165, 1.54) is 6.07 Å². The topological polar surface area (TPSA) is 38.3 Å². The van der Waals surface area contributed by atoms with Crippen LogP contribution in [-0.4, -0.2) is 5.91 Å². The van der Waals surface area contributed by atoms with Gasteiger partial charge in [0.25, 0.3) is 5.91 Å². The van der Waals surface area contributed by atoms with Crippen LogP contribution in [0.25, 0.3) is 0 Å². The van der Waals surface area contributed by atoms with Crippen LogP contribution in [0.2, 0.25) is 0 Å².